The molecule has 0 aliphatic carbocycles. The van der Waals surface area contributed by atoms with E-state index < -0.39 is 0 Å². The molecule has 0 fully saturated rings. The first kappa shape index (κ1) is 20.1. The van der Waals surface area contributed by atoms with Gasteiger partial charge in [0.15, 0.2) is 18.1 Å². The van der Waals surface area contributed by atoms with E-state index in [9.17, 15) is 4.79 Å². The van der Waals surface area contributed by atoms with E-state index in [4.69, 9.17) is 14.2 Å². The lowest BCUT2D eigenvalue weighted by molar-refractivity contribution is -0.123. The van der Waals surface area contributed by atoms with Gasteiger partial charge in [-0.15, -0.1) is 0 Å². The van der Waals surface area contributed by atoms with E-state index in [0.29, 0.717) is 30.2 Å². The number of carbonyl (C=O) groups excluding carboxylic acids is 1. The third-order valence-corrected chi connectivity index (χ3v) is 5.21. The van der Waals surface area contributed by atoms with Crippen molar-refractivity contribution in [2.45, 2.75) is 20.3 Å². The lowest BCUT2D eigenvalue weighted by Crippen LogP contribution is -2.30. The van der Waals surface area contributed by atoms with Gasteiger partial charge in [-0.3, -0.25) is 4.79 Å². The van der Waals surface area contributed by atoms with Crippen molar-refractivity contribution in [2.24, 2.45) is 0 Å². The van der Waals surface area contributed by atoms with E-state index in [1.807, 2.05) is 44.2 Å². The molecule has 0 heterocycles. The van der Waals surface area contributed by atoms with Crippen LogP contribution in [0.4, 0.5) is 0 Å². The molecule has 140 valence electrons. The molecule has 0 saturated carbocycles. The molecule has 26 heavy (non-hydrogen) atoms. The van der Waals surface area contributed by atoms with E-state index in [0.717, 1.165) is 21.2 Å². The summed E-state index contributed by atoms with van der Waals surface area (Å²) in [5, 5.41) is 2.86. The van der Waals surface area contributed by atoms with Crippen LogP contribution in [0.15, 0.2) is 34.8 Å². The van der Waals surface area contributed by atoms with Crippen molar-refractivity contribution in [3.05, 3.63) is 51.5 Å². The molecule has 1 N–H and O–H groups in total. The average Bonchev–Trinajstić information content (AvgIpc) is 2.64. The van der Waals surface area contributed by atoms with Crippen molar-refractivity contribution in [1.29, 1.82) is 0 Å². The number of rotatable bonds is 8. The molecular formula is C20H24BrNO4. The highest BCUT2D eigenvalue weighted by Gasteiger charge is 2.08. The van der Waals surface area contributed by atoms with Gasteiger partial charge in [-0.1, -0.05) is 22.0 Å². The molecule has 2 rings (SSSR count). The summed E-state index contributed by atoms with van der Waals surface area (Å²) < 4.78 is 17.1. The van der Waals surface area contributed by atoms with Gasteiger partial charge in [0.2, 0.25) is 0 Å². The number of carbonyl (C=O) groups is 1. The lowest BCUT2D eigenvalue weighted by Gasteiger charge is -2.11. The van der Waals surface area contributed by atoms with Crippen LogP contribution in [0.1, 0.15) is 16.7 Å². The standard InChI is InChI=1S/C20H24BrNO4/c1-13-9-16(10-14(2)20(13)21)26-12-19(23)22-8-7-15-5-6-17(24-3)18(11-15)25-4/h5-6,9-11H,7-8,12H2,1-4H3,(H,22,23). The van der Waals surface area contributed by atoms with Gasteiger partial charge in [0, 0.05) is 11.0 Å². The summed E-state index contributed by atoms with van der Waals surface area (Å²) in [5.41, 5.74) is 3.21. The molecule has 0 aliphatic heterocycles. The summed E-state index contributed by atoms with van der Waals surface area (Å²) in [6, 6.07) is 9.55. The number of benzene rings is 2. The van der Waals surface area contributed by atoms with Crippen LogP contribution in [0, 0.1) is 13.8 Å². The Labute approximate surface area is 162 Å². The Morgan fingerprint density at radius 3 is 2.31 bits per heavy atom. The SMILES string of the molecule is COc1ccc(CCNC(=O)COc2cc(C)c(Br)c(C)c2)cc1OC. The monoisotopic (exact) mass is 421 g/mol. The summed E-state index contributed by atoms with van der Waals surface area (Å²) in [4.78, 5) is 12.0. The zero-order valence-electron chi connectivity index (χ0n) is 15.5. The van der Waals surface area contributed by atoms with Crippen LogP contribution in [-0.4, -0.2) is 33.3 Å². The number of halogens is 1. The number of amides is 1. The molecule has 6 heteroatoms. The number of nitrogens with one attached hydrogen (secondary N) is 1. The molecule has 0 unspecified atom stereocenters. The topological polar surface area (TPSA) is 56.8 Å². The van der Waals surface area contributed by atoms with E-state index >= 15 is 0 Å². The first-order valence-corrected chi connectivity index (χ1v) is 9.11. The molecule has 2 aromatic rings. The van der Waals surface area contributed by atoms with E-state index in [-0.39, 0.29) is 12.5 Å². The molecule has 2 aromatic carbocycles. The Morgan fingerprint density at radius 1 is 1.04 bits per heavy atom. The van der Waals surface area contributed by atoms with Gasteiger partial charge >= 0.3 is 0 Å². The summed E-state index contributed by atoms with van der Waals surface area (Å²) >= 11 is 3.52. The Balaban J connectivity index is 1.80. The summed E-state index contributed by atoms with van der Waals surface area (Å²) in [5.74, 6) is 1.91. The van der Waals surface area contributed by atoms with Crippen LogP contribution >= 0.6 is 15.9 Å². The Kier molecular flexibility index (Phi) is 7.33. The van der Waals surface area contributed by atoms with Crippen molar-refractivity contribution >= 4 is 21.8 Å². The van der Waals surface area contributed by atoms with Crippen LogP contribution in [0.5, 0.6) is 17.2 Å². The molecule has 0 saturated heterocycles. The second-order valence-electron chi connectivity index (χ2n) is 5.95. The van der Waals surface area contributed by atoms with Crippen molar-refractivity contribution in [3.8, 4) is 17.2 Å². The second kappa shape index (κ2) is 9.48. The number of hydrogen-bond donors (Lipinski definition) is 1. The van der Waals surface area contributed by atoms with Crippen LogP contribution in [0.3, 0.4) is 0 Å². The van der Waals surface area contributed by atoms with Crippen LogP contribution in [0.2, 0.25) is 0 Å². The third kappa shape index (κ3) is 5.39. The van der Waals surface area contributed by atoms with Crippen molar-refractivity contribution in [1.82, 2.24) is 5.32 Å². The minimum absolute atomic E-state index is 0.00749. The lowest BCUT2D eigenvalue weighted by atomic mass is 10.1. The van der Waals surface area contributed by atoms with E-state index in [1.54, 1.807) is 14.2 Å². The Morgan fingerprint density at radius 2 is 1.69 bits per heavy atom. The quantitative estimate of drug-likeness (QED) is 0.703. The summed E-state index contributed by atoms with van der Waals surface area (Å²) in [6.45, 7) is 4.50. The highest BCUT2D eigenvalue weighted by atomic mass is 79.9. The molecule has 0 atom stereocenters. The summed E-state index contributed by atoms with van der Waals surface area (Å²) in [7, 11) is 3.21. The second-order valence-corrected chi connectivity index (χ2v) is 6.74. The van der Waals surface area contributed by atoms with Crippen LogP contribution in [-0.2, 0) is 11.2 Å². The predicted molar refractivity (Wildman–Crippen MR) is 105 cm³/mol. The van der Waals surface area contributed by atoms with Crippen LogP contribution in [0.25, 0.3) is 0 Å². The number of hydrogen-bond acceptors (Lipinski definition) is 4. The normalized spacial score (nSPS) is 10.3. The molecule has 1 amide bonds. The van der Waals surface area contributed by atoms with Gasteiger partial charge in [0.25, 0.3) is 5.91 Å². The van der Waals surface area contributed by atoms with Gasteiger partial charge in [-0.05, 0) is 61.2 Å². The van der Waals surface area contributed by atoms with E-state index in [1.165, 1.54) is 0 Å². The van der Waals surface area contributed by atoms with Crippen LogP contribution < -0.4 is 19.5 Å². The van der Waals surface area contributed by atoms with Gasteiger partial charge in [-0.25, -0.2) is 0 Å². The fraction of sp³-hybridized carbons (Fsp3) is 0.350. The first-order chi connectivity index (χ1) is 12.4. The molecular weight excluding hydrogens is 398 g/mol. The van der Waals surface area contributed by atoms with Crippen molar-refractivity contribution in [2.75, 3.05) is 27.4 Å². The van der Waals surface area contributed by atoms with Crippen molar-refractivity contribution < 1.29 is 19.0 Å². The maximum atomic E-state index is 12.0. The van der Waals surface area contributed by atoms with Crippen molar-refractivity contribution in [3.63, 3.8) is 0 Å². The number of methoxy groups -OCH3 is 2. The molecule has 0 radical (unpaired) electrons. The maximum absolute atomic E-state index is 12.0. The highest BCUT2D eigenvalue weighted by molar-refractivity contribution is 9.10. The zero-order chi connectivity index (χ0) is 19.1. The van der Waals surface area contributed by atoms with Gasteiger partial charge in [0.05, 0.1) is 14.2 Å². The predicted octanol–water partition coefficient (Wildman–Crippen LogP) is 3.82. The minimum Gasteiger partial charge on any atom is -0.493 e. The molecule has 0 bridgehead atoms. The molecule has 0 aliphatic rings. The molecule has 5 nitrogen and oxygen atoms in total. The van der Waals surface area contributed by atoms with E-state index in [2.05, 4.69) is 21.2 Å². The Bertz CT molecular complexity index is 753. The fourth-order valence-corrected chi connectivity index (χ4v) is 2.80. The smallest absolute Gasteiger partial charge is 0.257 e. The zero-order valence-corrected chi connectivity index (χ0v) is 17.1. The largest absolute Gasteiger partial charge is 0.493 e. The number of ether oxygens (including phenoxy) is 3. The molecule has 0 spiro atoms. The average molecular weight is 422 g/mol. The maximum Gasteiger partial charge on any atom is 0.257 e. The highest BCUT2D eigenvalue weighted by Crippen LogP contribution is 2.28. The minimum atomic E-state index is -0.149. The van der Waals surface area contributed by atoms with Gasteiger partial charge in [-0.2, -0.15) is 0 Å². The fourth-order valence-electron chi connectivity index (χ4n) is 2.57. The molecule has 0 aromatic heterocycles. The number of aryl methyl sites for hydroxylation is 2. The van der Waals surface area contributed by atoms with Gasteiger partial charge in [0.1, 0.15) is 5.75 Å². The first-order valence-electron chi connectivity index (χ1n) is 8.31. The van der Waals surface area contributed by atoms with Gasteiger partial charge < -0.3 is 19.5 Å². The third-order valence-electron chi connectivity index (χ3n) is 3.96. The summed E-state index contributed by atoms with van der Waals surface area (Å²) in [6.07, 6.45) is 0.697. The Hall–Kier alpha value is -2.21.